The summed E-state index contributed by atoms with van der Waals surface area (Å²) in [6.07, 6.45) is 0.251. The number of esters is 1. The maximum atomic E-state index is 12.0. The van der Waals surface area contributed by atoms with Crippen LogP contribution in [0.5, 0.6) is 11.5 Å². The number of benzene rings is 1. The molecule has 0 saturated carbocycles. The van der Waals surface area contributed by atoms with Crippen LogP contribution in [-0.2, 0) is 19.6 Å². The first-order valence-corrected chi connectivity index (χ1v) is 8.45. The lowest BCUT2D eigenvalue weighted by molar-refractivity contribution is -0.143. The zero-order chi connectivity index (χ0) is 16.6. The number of sulfonamides is 1. The minimum Gasteiger partial charge on any atom is -0.497 e. The zero-order valence-corrected chi connectivity index (χ0v) is 13.7. The Balaban J connectivity index is 2.66. The molecule has 0 unspecified atom stereocenters. The van der Waals surface area contributed by atoms with Gasteiger partial charge in [0.05, 0.1) is 32.3 Å². The van der Waals surface area contributed by atoms with Crippen molar-refractivity contribution in [3.63, 3.8) is 0 Å². The van der Waals surface area contributed by atoms with Crippen LogP contribution in [0.1, 0.15) is 19.8 Å². The van der Waals surface area contributed by atoms with Crippen molar-refractivity contribution in [2.45, 2.75) is 19.8 Å². The quantitative estimate of drug-likeness (QED) is 0.694. The zero-order valence-electron chi connectivity index (χ0n) is 12.9. The van der Waals surface area contributed by atoms with Gasteiger partial charge in [0.25, 0.3) is 0 Å². The van der Waals surface area contributed by atoms with Crippen LogP contribution in [-0.4, -0.2) is 41.0 Å². The van der Waals surface area contributed by atoms with Crippen LogP contribution in [0.3, 0.4) is 0 Å². The van der Waals surface area contributed by atoms with Crippen molar-refractivity contribution in [3.05, 3.63) is 18.2 Å². The number of methoxy groups -OCH3 is 2. The van der Waals surface area contributed by atoms with Crippen LogP contribution < -0.4 is 14.2 Å². The number of carbonyl (C=O) groups excluding carboxylic acids is 1. The molecule has 0 amide bonds. The lowest BCUT2D eigenvalue weighted by Gasteiger charge is -2.12. The molecule has 0 aliphatic rings. The number of anilines is 1. The number of nitrogens with one attached hydrogen (secondary N) is 1. The smallest absolute Gasteiger partial charge is 0.305 e. The van der Waals surface area contributed by atoms with Crippen molar-refractivity contribution in [2.75, 3.05) is 31.3 Å². The monoisotopic (exact) mass is 331 g/mol. The number of rotatable bonds is 9. The molecule has 0 aliphatic carbocycles. The van der Waals surface area contributed by atoms with E-state index in [0.717, 1.165) is 0 Å². The molecule has 1 aromatic carbocycles. The Morgan fingerprint density at radius 1 is 1.23 bits per heavy atom. The first-order chi connectivity index (χ1) is 10.4. The maximum absolute atomic E-state index is 12.0. The Bertz CT molecular complexity index is 599. The molecule has 0 bridgehead atoms. The Hall–Kier alpha value is -1.96. The molecule has 0 atom stereocenters. The van der Waals surface area contributed by atoms with Crippen molar-refractivity contribution in [2.24, 2.45) is 0 Å². The summed E-state index contributed by atoms with van der Waals surface area (Å²) in [5.74, 6) is 0.330. The van der Waals surface area contributed by atoms with Crippen LogP contribution in [0, 0.1) is 0 Å². The summed E-state index contributed by atoms with van der Waals surface area (Å²) in [5, 5.41) is 0. The predicted octanol–water partition coefficient (Wildman–Crippen LogP) is 1.79. The largest absolute Gasteiger partial charge is 0.497 e. The molecule has 8 heteroatoms. The predicted molar refractivity (Wildman–Crippen MR) is 82.8 cm³/mol. The average molecular weight is 331 g/mol. The van der Waals surface area contributed by atoms with Crippen molar-refractivity contribution in [1.29, 1.82) is 0 Å². The molecule has 1 aromatic rings. The van der Waals surface area contributed by atoms with E-state index in [1.807, 2.05) is 0 Å². The van der Waals surface area contributed by atoms with E-state index in [0.29, 0.717) is 17.2 Å². The number of hydrogen-bond acceptors (Lipinski definition) is 6. The lowest BCUT2D eigenvalue weighted by Crippen LogP contribution is -2.18. The van der Waals surface area contributed by atoms with Gasteiger partial charge < -0.3 is 14.2 Å². The Labute approximate surface area is 130 Å². The van der Waals surface area contributed by atoms with Gasteiger partial charge in [0.2, 0.25) is 10.0 Å². The maximum Gasteiger partial charge on any atom is 0.305 e. The molecule has 1 N–H and O–H groups in total. The fourth-order valence-corrected chi connectivity index (χ4v) is 2.87. The third-order valence-electron chi connectivity index (χ3n) is 2.77. The molecule has 124 valence electrons. The average Bonchev–Trinajstić information content (AvgIpc) is 2.47. The van der Waals surface area contributed by atoms with E-state index in [-0.39, 0.29) is 25.2 Å². The van der Waals surface area contributed by atoms with Crippen LogP contribution >= 0.6 is 0 Å². The van der Waals surface area contributed by atoms with Gasteiger partial charge in [-0.05, 0) is 25.5 Å². The number of hydrogen-bond donors (Lipinski definition) is 1. The number of carbonyl (C=O) groups is 1. The Morgan fingerprint density at radius 2 is 1.95 bits per heavy atom. The van der Waals surface area contributed by atoms with Gasteiger partial charge in [0.1, 0.15) is 11.5 Å². The van der Waals surface area contributed by atoms with Crippen molar-refractivity contribution in [1.82, 2.24) is 0 Å². The fourth-order valence-electron chi connectivity index (χ4n) is 1.74. The molecule has 0 spiro atoms. The van der Waals surface area contributed by atoms with Crippen LogP contribution in [0.4, 0.5) is 5.69 Å². The van der Waals surface area contributed by atoms with Crippen molar-refractivity contribution >= 4 is 21.7 Å². The minimum atomic E-state index is -3.58. The molecule has 22 heavy (non-hydrogen) atoms. The summed E-state index contributed by atoms with van der Waals surface area (Å²) >= 11 is 0. The van der Waals surface area contributed by atoms with E-state index in [2.05, 4.69) is 4.72 Å². The van der Waals surface area contributed by atoms with Crippen molar-refractivity contribution in [3.8, 4) is 11.5 Å². The first-order valence-electron chi connectivity index (χ1n) is 6.80. The molecular weight excluding hydrogens is 310 g/mol. The lowest BCUT2D eigenvalue weighted by atomic mass is 10.3. The second-order valence-corrected chi connectivity index (χ2v) is 6.24. The summed E-state index contributed by atoms with van der Waals surface area (Å²) in [6.45, 7) is 1.99. The van der Waals surface area contributed by atoms with E-state index in [9.17, 15) is 13.2 Å². The third-order valence-corrected chi connectivity index (χ3v) is 4.13. The normalized spacial score (nSPS) is 10.9. The molecule has 7 nitrogen and oxygen atoms in total. The van der Waals surface area contributed by atoms with Gasteiger partial charge in [-0.15, -0.1) is 0 Å². The topological polar surface area (TPSA) is 90.9 Å². The highest BCUT2D eigenvalue weighted by molar-refractivity contribution is 7.92. The van der Waals surface area contributed by atoms with Gasteiger partial charge in [0.15, 0.2) is 0 Å². The molecule has 0 heterocycles. The highest BCUT2D eigenvalue weighted by Gasteiger charge is 2.15. The third kappa shape index (κ3) is 5.80. The standard InChI is InChI=1S/C14H21NO6S/c1-4-21-14(16)6-5-9-22(17,18)15-12-8-7-11(19-2)10-13(12)20-3/h7-8,10,15H,4-6,9H2,1-3H3. The van der Waals surface area contributed by atoms with E-state index in [4.69, 9.17) is 14.2 Å². The molecule has 0 radical (unpaired) electrons. The Morgan fingerprint density at radius 3 is 2.55 bits per heavy atom. The second kappa shape index (κ2) is 8.47. The van der Waals surface area contributed by atoms with Gasteiger partial charge in [-0.1, -0.05) is 0 Å². The van der Waals surface area contributed by atoms with E-state index >= 15 is 0 Å². The summed E-state index contributed by atoms with van der Waals surface area (Å²) in [7, 11) is -0.630. The van der Waals surface area contributed by atoms with Crippen LogP contribution in [0.2, 0.25) is 0 Å². The molecule has 1 rings (SSSR count). The molecule has 0 aliphatic heterocycles. The highest BCUT2D eigenvalue weighted by Crippen LogP contribution is 2.29. The SMILES string of the molecule is CCOC(=O)CCCS(=O)(=O)Nc1ccc(OC)cc1OC. The molecule has 0 aromatic heterocycles. The molecule has 0 saturated heterocycles. The van der Waals surface area contributed by atoms with Gasteiger partial charge in [-0.3, -0.25) is 9.52 Å². The van der Waals surface area contributed by atoms with E-state index in [1.54, 1.807) is 25.1 Å². The molecular formula is C14H21NO6S. The molecule has 0 fully saturated rings. The van der Waals surface area contributed by atoms with E-state index in [1.165, 1.54) is 14.2 Å². The second-order valence-electron chi connectivity index (χ2n) is 4.40. The highest BCUT2D eigenvalue weighted by atomic mass is 32.2. The van der Waals surface area contributed by atoms with Crippen LogP contribution in [0.15, 0.2) is 18.2 Å². The summed E-state index contributed by atoms with van der Waals surface area (Å²) in [4.78, 5) is 11.2. The minimum absolute atomic E-state index is 0.0640. The van der Waals surface area contributed by atoms with E-state index < -0.39 is 16.0 Å². The summed E-state index contributed by atoms with van der Waals surface area (Å²) in [6, 6.07) is 4.76. The summed E-state index contributed by atoms with van der Waals surface area (Å²) < 4.78 is 41.4. The summed E-state index contributed by atoms with van der Waals surface area (Å²) in [5.41, 5.74) is 0.319. The van der Waals surface area contributed by atoms with Gasteiger partial charge in [0, 0.05) is 12.5 Å². The Kier molecular flexibility index (Phi) is 6.97. The van der Waals surface area contributed by atoms with Crippen molar-refractivity contribution < 1.29 is 27.4 Å². The van der Waals surface area contributed by atoms with Gasteiger partial charge >= 0.3 is 5.97 Å². The van der Waals surface area contributed by atoms with Gasteiger partial charge in [-0.2, -0.15) is 0 Å². The van der Waals surface area contributed by atoms with Gasteiger partial charge in [-0.25, -0.2) is 8.42 Å². The first kappa shape index (κ1) is 18.1. The fraction of sp³-hybridized carbons (Fsp3) is 0.500. The number of ether oxygens (including phenoxy) is 3. The van der Waals surface area contributed by atoms with Crippen LogP contribution in [0.25, 0.3) is 0 Å².